The van der Waals surface area contributed by atoms with Gasteiger partial charge in [-0.1, -0.05) is 59.7 Å². The van der Waals surface area contributed by atoms with E-state index in [0.29, 0.717) is 0 Å². The number of hydrogen-bond donors (Lipinski definition) is 0. The largest absolute Gasteiger partial charge is 0.158 e. The van der Waals surface area contributed by atoms with E-state index >= 15 is 0 Å². The molecule has 1 heterocycles. The van der Waals surface area contributed by atoms with Crippen molar-refractivity contribution in [3.8, 4) is 0 Å². The predicted octanol–water partition coefficient (Wildman–Crippen LogP) is 5.42. The van der Waals surface area contributed by atoms with Gasteiger partial charge in [0.2, 0.25) is 0 Å². The van der Waals surface area contributed by atoms with Gasteiger partial charge in [0, 0.05) is 27.3 Å². The van der Waals surface area contributed by atoms with Crippen molar-refractivity contribution in [3.63, 3.8) is 0 Å². The van der Waals surface area contributed by atoms with Crippen molar-refractivity contribution < 1.29 is 0 Å². The van der Waals surface area contributed by atoms with E-state index in [-0.39, 0.29) is 31.9 Å². The van der Waals surface area contributed by atoms with Gasteiger partial charge >= 0.3 is 0 Å². The molecule has 112 valence electrons. The minimum Gasteiger partial charge on any atom is -0.0616 e. The topological polar surface area (TPSA) is 0 Å². The summed E-state index contributed by atoms with van der Waals surface area (Å²) in [5, 5.41) is 0. The molecular weight excluding hydrogens is 260 g/mol. The highest BCUT2D eigenvalue weighted by atomic mass is 32.2. The van der Waals surface area contributed by atoms with E-state index in [4.69, 9.17) is 0 Å². The zero-order chi connectivity index (χ0) is 15.6. The molecule has 0 radical (unpaired) electrons. The summed E-state index contributed by atoms with van der Waals surface area (Å²) in [7, 11) is 0.245. The first-order chi connectivity index (χ1) is 8.89. The van der Waals surface area contributed by atoms with Crippen molar-refractivity contribution in [1.29, 1.82) is 0 Å². The summed E-state index contributed by atoms with van der Waals surface area (Å²) >= 11 is 0. The summed E-state index contributed by atoms with van der Waals surface area (Å²) in [4.78, 5) is 1.57. The molecule has 0 N–H and O–H groups in total. The van der Waals surface area contributed by atoms with Crippen molar-refractivity contribution in [2.75, 3.05) is 6.26 Å². The number of benzene rings is 1. The van der Waals surface area contributed by atoms with Gasteiger partial charge in [0.05, 0.1) is 0 Å². The summed E-state index contributed by atoms with van der Waals surface area (Å²) in [5.74, 6) is 0. The molecule has 0 fully saturated rings. The molecule has 20 heavy (non-hydrogen) atoms. The van der Waals surface area contributed by atoms with Gasteiger partial charge < -0.3 is 0 Å². The third kappa shape index (κ3) is 1.68. The van der Waals surface area contributed by atoms with Crippen LogP contribution in [-0.4, -0.2) is 11.0 Å². The summed E-state index contributed by atoms with van der Waals surface area (Å²) in [6.45, 7) is 19.7. The fourth-order valence-electron chi connectivity index (χ4n) is 3.78. The first kappa shape index (κ1) is 15.9. The predicted molar refractivity (Wildman–Crippen MR) is 92.7 cm³/mol. The molecule has 1 heteroatoms. The molecule has 0 amide bonds. The minimum atomic E-state index is 0.169. The molecule has 2 rings (SSSR count). The number of hydrogen-bond acceptors (Lipinski definition) is 0. The van der Waals surface area contributed by atoms with Gasteiger partial charge in [-0.05, 0) is 25.3 Å². The van der Waals surface area contributed by atoms with Crippen LogP contribution in [0.2, 0.25) is 0 Å². The lowest BCUT2D eigenvalue weighted by atomic mass is 9.50. The van der Waals surface area contributed by atoms with Gasteiger partial charge in [-0.3, -0.25) is 0 Å². The highest BCUT2D eigenvalue weighted by Crippen LogP contribution is 2.62. The zero-order valence-electron chi connectivity index (χ0n) is 14.7. The molecule has 1 aromatic carbocycles. The summed E-state index contributed by atoms with van der Waals surface area (Å²) in [5.41, 5.74) is 2.19. The highest BCUT2D eigenvalue weighted by Gasteiger charge is 2.64. The van der Waals surface area contributed by atoms with Gasteiger partial charge in [-0.2, -0.15) is 0 Å². The quantitative estimate of drug-likeness (QED) is 0.560. The lowest BCUT2D eigenvalue weighted by Crippen LogP contribution is -2.56. The van der Waals surface area contributed by atoms with Crippen LogP contribution < -0.4 is 0 Å². The Morgan fingerprint density at radius 3 is 1.80 bits per heavy atom. The van der Waals surface area contributed by atoms with Crippen LogP contribution in [0.4, 0.5) is 0 Å². The Labute approximate surface area is 128 Å². The second-order valence-corrected chi connectivity index (χ2v) is 10.9. The maximum absolute atomic E-state index is 2.48. The molecular formula is C19H31S+. The van der Waals surface area contributed by atoms with Gasteiger partial charge in [0.15, 0.2) is 4.90 Å². The van der Waals surface area contributed by atoms with Gasteiger partial charge in [-0.25, -0.2) is 0 Å². The van der Waals surface area contributed by atoms with E-state index in [1.165, 1.54) is 0 Å². The minimum absolute atomic E-state index is 0.169. The summed E-state index contributed by atoms with van der Waals surface area (Å²) < 4.78 is 0.278. The van der Waals surface area contributed by atoms with Crippen molar-refractivity contribution in [2.45, 2.75) is 70.4 Å². The Morgan fingerprint density at radius 2 is 1.25 bits per heavy atom. The second kappa shape index (κ2) is 4.29. The molecule has 1 unspecified atom stereocenters. The van der Waals surface area contributed by atoms with E-state index in [2.05, 4.69) is 85.9 Å². The van der Waals surface area contributed by atoms with Gasteiger partial charge in [0.25, 0.3) is 0 Å². The molecule has 0 bridgehead atoms. The lowest BCUT2D eigenvalue weighted by Gasteiger charge is -2.54. The van der Waals surface area contributed by atoms with Crippen LogP contribution in [0.25, 0.3) is 0 Å². The molecule has 1 aliphatic rings. The van der Waals surface area contributed by atoms with Crippen molar-refractivity contribution in [3.05, 3.63) is 29.8 Å². The zero-order valence-corrected chi connectivity index (χ0v) is 15.5. The second-order valence-electron chi connectivity index (χ2n) is 8.39. The van der Waals surface area contributed by atoms with E-state index in [1.807, 2.05) is 0 Å². The summed E-state index contributed by atoms with van der Waals surface area (Å²) in [6, 6.07) is 9.14. The third-order valence-corrected chi connectivity index (χ3v) is 10.3. The first-order valence-corrected chi connectivity index (χ1v) is 9.28. The SMILES string of the molecule is C[S+]1c2ccccc2C(C)(C)C(C)(C)C(C)(C)C1(C)C. The van der Waals surface area contributed by atoms with Crippen LogP contribution in [0.3, 0.4) is 0 Å². The van der Waals surface area contributed by atoms with Crippen LogP contribution in [0.15, 0.2) is 29.2 Å². The van der Waals surface area contributed by atoms with Crippen LogP contribution in [0.1, 0.15) is 61.0 Å². The van der Waals surface area contributed by atoms with E-state index in [1.54, 1.807) is 10.5 Å². The normalized spacial score (nSPS) is 29.4. The Hall–Kier alpha value is -0.430. The fraction of sp³-hybridized carbons (Fsp3) is 0.684. The molecule has 1 atom stereocenters. The van der Waals surface area contributed by atoms with Crippen LogP contribution >= 0.6 is 0 Å². The molecule has 0 saturated carbocycles. The van der Waals surface area contributed by atoms with E-state index in [0.717, 1.165) is 0 Å². The van der Waals surface area contributed by atoms with Crippen molar-refractivity contribution in [1.82, 2.24) is 0 Å². The molecule has 0 nitrogen and oxygen atoms in total. The van der Waals surface area contributed by atoms with Crippen LogP contribution in [0, 0.1) is 10.8 Å². The molecule has 0 spiro atoms. The summed E-state index contributed by atoms with van der Waals surface area (Å²) in [6.07, 6.45) is 2.44. The van der Waals surface area contributed by atoms with Crippen LogP contribution in [0.5, 0.6) is 0 Å². The fourth-order valence-corrected chi connectivity index (χ4v) is 6.28. The Morgan fingerprint density at radius 1 is 0.750 bits per heavy atom. The molecule has 1 aromatic rings. The maximum Gasteiger partial charge on any atom is 0.158 e. The third-order valence-electron chi connectivity index (χ3n) is 7.29. The Balaban J connectivity index is 2.87. The lowest BCUT2D eigenvalue weighted by molar-refractivity contribution is 0.00745. The average Bonchev–Trinajstić information content (AvgIpc) is 2.37. The monoisotopic (exact) mass is 291 g/mol. The average molecular weight is 292 g/mol. The number of fused-ring (bicyclic) bond motifs is 1. The van der Waals surface area contributed by atoms with E-state index in [9.17, 15) is 0 Å². The Bertz CT molecular complexity index is 520. The smallest absolute Gasteiger partial charge is 0.0616 e. The molecule has 0 aromatic heterocycles. The van der Waals surface area contributed by atoms with E-state index < -0.39 is 0 Å². The first-order valence-electron chi connectivity index (χ1n) is 7.64. The van der Waals surface area contributed by atoms with Crippen LogP contribution in [-0.2, 0) is 16.3 Å². The standard InChI is InChI=1S/C19H31S/c1-16(2)14-12-10-11-13-15(14)20(9)19(7,8)18(5,6)17(16,3)4/h10-13H,1-9H3/q+1. The van der Waals surface area contributed by atoms with Gasteiger partial charge in [-0.15, -0.1) is 0 Å². The maximum atomic E-state index is 2.48. The highest BCUT2D eigenvalue weighted by molar-refractivity contribution is 7.97. The van der Waals surface area contributed by atoms with Gasteiger partial charge in [0.1, 0.15) is 11.0 Å². The molecule has 0 saturated heterocycles. The molecule has 1 aliphatic heterocycles. The number of rotatable bonds is 0. The molecule has 0 aliphatic carbocycles. The Kier molecular flexibility index (Phi) is 3.42. The van der Waals surface area contributed by atoms with Crippen molar-refractivity contribution >= 4 is 10.9 Å². The van der Waals surface area contributed by atoms with Crippen molar-refractivity contribution in [2.24, 2.45) is 10.8 Å².